The molecule has 1 fully saturated rings. The van der Waals surface area contributed by atoms with Gasteiger partial charge in [-0.05, 0) is 55.2 Å². The number of fused-ring (bicyclic) bond motifs is 1. The Morgan fingerprint density at radius 1 is 1.10 bits per heavy atom. The summed E-state index contributed by atoms with van der Waals surface area (Å²) in [6.45, 7) is 3.68. The van der Waals surface area contributed by atoms with Crippen LogP contribution in [0.5, 0.6) is 11.5 Å². The van der Waals surface area contributed by atoms with Crippen LogP contribution in [0.4, 0.5) is 10.5 Å². The molecule has 1 unspecified atom stereocenters. The van der Waals surface area contributed by atoms with E-state index in [-0.39, 0.29) is 24.5 Å². The average Bonchev–Trinajstić information content (AvgIpc) is 3.22. The van der Waals surface area contributed by atoms with Crippen LogP contribution in [0.25, 0.3) is 0 Å². The Morgan fingerprint density at radius 3 is 2.76 bits per heavy atom. The zero-order chi connectivity index (χ0) is 20.2. The molecule has 29 heavy (non-hydrogen) atoms. The molecule has 3 amide bonds. The van der Waals surface area contributed by atoms with E-state index in [0.29, 0.717) is 25.4 Å². The van der Waals surface area contributed by atoms with Gasteiger partial charge in [-0.15, -0.1) is 0 Å². The summed E-state index contributed by atoms with van der Waals surface area (Å²) in [6.07, 6.45) is 1.82. The molecule has 2 aromatic rings. The van der Waals surface area contributed by atoms with Crippen LogP contribution in [0.1, 0.15) is 30.0 Å². The number of benzene rings is 2. The largest absolute Gasteiger partial charge is 0.486 e. The standard InChI is InChI=1S/C22H25N3O4/c1-15-4-2-5-17(12-15)24-22(27)23-14-21(26)25-9-3-6-18(25)16-7-8-19-20(13-16)29-11-10-28-19/h2,4-5,7-8,12-13,18H,3,6,9-11,14H2,1H3,(H2,23,24,27). The van der Waals surface area contributed by atoms with Crippen LogP contribution >= 0.6 is 0 Å². The molecule has 2 aromatic carbocycles. The molecule has 1 atom stereocenters. The van der Waals surface area contributed by atoms with Gasteiger partial charge in [0.1, 0.15) is 13.2 Å². The molecule has 4 rings (SSSR count). The second-order valence-electron chi connectivity index (χ2n) is 7.33. The van der Waals surface area contributed by atoms with Gasteiger partial charge in [0, 0.05) is 12.2 Å². The van der Waals surface area contributed by atoms with E-state index in [1.807, 2.05) is 54.3 Å². The Morgan fingerprint density at radius 2 is 1.93 bits per heavy atom. The summed E-state index contributed by atoms with van der Waals surface area (Å²) in [7, 11) is 0. The molecule has 0 aliphatic carbocycles. The van der Waals surface area contributed by atoms with E-state index in [0.717, 1.165) is 35.5 Å². The van der Waals surface area contributed by atoms with Gasteiger partial charge >= 0.3 is 6.03 Å². The van der Waals surface area contributed by atoms with E-state index in [9.17, 15) is 9.59 Å². The van der Waals surface area contributed by atoms with Crippen LogP contribution in [0.3, 0.4) is 0 Å². The van der Waals surface area contributed by atoms with Gasteiger partial charge in [0.2, 0.25) is 5.91 Å². The molecule has 2 heterocycles. The molecular formula is C22H25N3O4. The van der Waals surface area contributed by atoms with Crippen LogP contribution in [0.2, 0.25) is 0 Å². The fourth-order valence-electron chi connectivity index (χ4n) is 3.83. The van der Waals surface area contributed by atoms with Crippen molar-refractivity contribution in [3.63, 3.8) is 0 Å². The first-order chi connectivity index (χ1) is 14.1. The fourth-order valence-corrected chi connectivity index (χ4v) is 3.83. The van der Waals surface area contributed by atoms with Crippen molar-refractivity contribution in [2.24, 2.45) is 0 Å². The average molecular weight is 395 g/mol. The molecule has 7 nitrogen and oxygen atoms in total. The summed E-state index contributed by atoms with van der Waals surface area (Å²) in [5.74, 6) is 1.37. The Kier molecular flexibility index (Phi) is 5.55. The number of urea groups is 1. The van der Waals surface area contributed by atoms with Gasteiger partial charge in [-0.25, -0.2) is 4.79 Å². The lowest BCUT2D eigenvalue weighted by Gasteiger charge is -2.27. The van der Waals surface area contributed by atoms with Crippen molar-refractivity contribution >= 4 is 17.6 Å². The quantitative estimate of drug-likeness (QED) is 0.833. The topological polar surface area (TPSA) is 79.9 Å². The lowest BCUT2D eigenvalue weighted by atomic mass is 10.0. The summed E-state index contributed by atoms with van der Waals surface area (Å²) in [4.78, 5) is 26.7. The van der Waals surface area contributed by atoms with E-state index in [1.54, 1.807) is 0 Å². The summed E-state index contributed by atoms with van der Waals surface area (Å²) in [5, 5.41) is 5.42. The second-order valence-corrected chi connectivity index (χ2v) is 7.33. The molecule has 2 N–H and O–H groups in total. The normalized spacial score (nSPS) is 17.7. The molecule has 0 radical (unpaired) electrons. The zero-order valence-electron chi connectivity index (χ0n) is 16.4. The predicted molar refractivity (Wildman–Crippen MR) is 109 cm³/mol. The number of amides is 3. The van der Waals surface area contributed by atoms with Crippen LogP contribution in [-0.4, -0.2) is 43.1 Å². The highest BCUT2D eigenvalue weighted by Crippen LogP contribution is 2.38. The number of aryl methyl sites for hydroxylation is 1. The molecule has 7 heteroatoms. The minimum absolute atomic E-state index is 0.0139. The first kappa shape index (κ1) is 19.1. The third kappa shape index (κ3) is 4.45. The molecule has 0 saturated carbocycles. The molecule has 2 aliphatic rings. The summed E-state index contributed by atoms with van der Waals surface area (Å²) >= 11 is 0. The molecule has 2 aliphatic heterocycles. The van der Waals surface area contributed by atoms with Gasteiger partial charge in [-0.1, -0.05) is 18.2 Å². The minimum atomic E-state index is -0.390. The second kappa shape index (κ2) is 8.43. The Labute approximate surface area is 170 Å². The number of likely N-dealkylation sites (tertiary alicyclic amines) is 1. The fraction of sp³-hybridized carbons (Fsp3) is 0.364. The zero-order valence-corrected chi connectivity index (χ0v) is 16.4. The van der Waals surface area contributed by atoms with Crippen molar-refractivity contribution in [3.8, 4) is 11.5 Å². The maximum absolute atomic E-state index is 12.8. The number of nitrogens with one attached hydrogen (secondary N) is 2. The van der Waals surface area contributed by atoms with Gasteiger partial charge in [0.15, 0.2) is 11.5 Å². The van der Waals surface area contributed by atoms with Crippen LogP contribution < -0.4 is 20.1 Å². The number of carbonyl (C=O) groups excluding carboxylic acids is 2. The maximum Gasteiger partial charge on any atom is 0.319 e. The highest BCUT2D eigenvalue weighted by atomic mass is 16.6. The molecular weight excluding hydrogens is 370 g/mol. The molecule has 152 valence electrons. The molecule has 0 aromatic heterocycles. The van der Waals surface area contributed by atoms with Gasteiger partial charge < -0.3 is 25.0 Å². The van der Waals surface area contributed by atoms with E-state index in [4.69, 9.17) is 9.47 Å². The third-order valence-corrected chi connectivity index (χ3v) is 5.20. The Bertz CT molecular complexity index is 915. The molecule has 0 bridgehead atoms. The summed E-state index contributed by atoms with van der Waals surface area (Å²) in [5.41, 5.74) is 2.79. The minimum Gasteiger partial charge on any atom is -0.486 e. The number of nitrogens with zero attached hydrogens (tertiary/aromatic N) is 1. The first-order valence-electron chi connectivity index (χ1n) is 9.91. The molecule has 0 spiro atoms. The van der Waals surface area contributed by atoms with E-state index in [2.05, 4.69) is 10.6 Å². The number of hydrogen-bond acceptors (Lipinski definition) is 4. The Balaban J connectivity index is 1.36. The lowest BCUT2D eigenvalue weighted by molar-refractivity contribution is -0.131. The van der Waals surface area contributed by atoms with Crippen LogP contribution in [0.15, 0.2) is 42.5 Å². The number of ether oxygens (including phenoxy) is 2. The third-order valence-electron chi connectivity index (χ3n) is 5.20. The monoisotopic (exact) mass is 395 g/mol. The van der Waals surface area contributed by atoms with Gasteiger partial charge in [0.05, 0.1) is 12.6 Å². The number of carbonyl (C=O) groups is 2. The van der Waals surface area contributed by atoms with Crippen molar-refractivity contribution in [2.45, 2.75) is 25.8 Å². The van der Waals surface area contributed by atoms with E-state index >= 15 is 0 Å². The van der Waals surface area contributed by atoms with Crippen molar-refractivity contribution in [2.75, 3.05) is 31.6 Å². The first-order valence-corrected chi connectivity index (χ1v) is 9.91. The van der Waals surface area contributed by atoms with Crippen molar-refractivity contribution in [3.05, 3.63) is 53.6 Å². The Hall–Kier alpha value is -3.22. The lowest BCUT2D eigenvalue weighted by Crippen LogP contribution is -2.41. The predicted octanol–water partition coefficient (Wildman–Crippen LogP) is 3.25. The number of rotatable bonds is 4. The highest BCUT2D eigenvalue weighted by Gasteiger charge is 2.30. The van der Waals surface area contributed by atoms with Crippen molar-refractivity contribution in [1.29, 1.82) is 0 Å². The maximum atomic E-state index is 12.8. The van der Waals surface area contributed by atoms with E-state index in [1.165, 1.54) is 0 Å². The number of anilines is 1. The number of hydrogen-bond donors (Lipinski definition) is 2. The van der Waals surface area contributed by atoms with Crippen LogP contribution in [-0.2, 0) is 4.79 Å². The van der Waals surface area contributed by atoms with Crippen molar-refractivity contribution in [1.82, 2.24) is 10.2 Å². The van der Waals surface area contributed by atoms with Crippen molar-refractivity contribution < 1.29 is 19.1 Å². The highest BCUT2D eigenvalue weighted by molar-refractivity contribution is 5.92. The SMILES string of the molecule is Cc1cccc(NC(=O)NCC(=O)N2CCCC2c2ccc3c(c2)OCCO3)c1. The van der Waals surface area contributed by atoms with Gasteiger partial charge in [-0.3, -0.25) is 4.79 Å². The smallest absolute Gasteiger partial charge is 0.319 e. The van der Waals surface area contributed by atoms with Crippen LogP contribution in [0, 0.1) is 6.92 Å². The van der Waals surface area contributed by atoms with Gasteiger partial charge in [-0.2, -0.15) is 0 Å². The van der Waals surface area contributed by atoms with E-state index < -0.39 is 0 Å². The van der Waals surface area contributed by atoms with Gasteiger partial charge in [0.25, 0.3) is 0 Å². The summed E-state index contributed by atoms with van der Waals surface area (Å²) in [6, 6.07) is 13.0. The summed E-state index contributed by atoms with van der Waals surface area (Å²) < 4.78 is 11.2. The molecule has 1 saturated heterocycles.